The van der Waals surface area contributed by atoms with Gasteiger partial charge in [-0.3, -0.25) is 4.79 Å². The quantitative estimate of drug-likeness (QED) is 0.800. The van der Waals surface area contributed by atoms with Gasteiger partial charge in [0.1, 0.15) is 5.82 Å². The maximum absolute atomic E-state index is 12.8. The minimum atomic E-state index is -0.220. The summed E-state index contributed by atoms with van der Waals surface area (Å²) in [6.45, 7) is 4.62. The summed E-state index contributed by atoms with van der Waals surface area (Å²) in [4.78, 5) is 21.7. The summed E-state index contributed by atoms with van der Waals surface area (Å²) in [5.41, 5.74) is 3.58. The van der Waals surface area contributed by atoms with Crippen LogP contribution in [0.5, 0.6) is 0 Å². The van der Waals surface area contributed by atoms with E-state index in [1.54, 1.807) is 7.11 Å². The molecule has 1 fully saturated rings. The molecule has 3 rings (SSSR count). The van der Waals surface area contributed by atoms with Crippen LogP contribution in [0.1, 0.15) is 60.8 Å². The van der Waals surface area contributed by atoms with Crippen LogP contribution in [-0.4, -0.2) is 35.1 Å². The Morgan fingerprint density at radius 1 is 1.22 bits per heavy atom. The molecule has 1 N–H and O–H groups in total. The molecule has 2 aromatic rings. The second-order valence-corrected chi connectivity index (χ2v) is 7.49. The van der Waals surface area contributed by atoms with Crippen molar-refractivity contribution in [2.75, 3.05) is 13.7 Å². The van der Waals surface area contributed by atoms with E-state index < -0.39 is 0 Å². The topological polar surface area (TPSA) is 64.1 Å². The van der Waals surface area contributed by atoms with E-state index in [1.165, 1.54) is 0 Å². The molecule has 1 aliphatic rings. The standard InChI is InChI=1S/C22H29N3O2/c1-4-7-19-14-23-16(2)24-20(19)17-8-10-18(11-9-17)21(26)25-22(15-27-3)12-5-6-13-22/h8-11,14H,4-7,12-13,15H2,1-3H3,(H,25,26). The van der Waals surface area contributed by atoms with Crippen LogP contribution in [0.25, 0.3) is 11.3 Å². The SMILES string of the molecule is CCCc1cnc(C)nc1-c1ccc(C(=O)NC2(COC)CCCC2)cc1. The van der Waals surface area contributed by atoms with Crippen LogP contribution in [0.2, 0.25) is 0 Å². The van der Waals surface area contributed by atoms with Gasteiger partial charge in [-0.2, -0.15) is 0 Å². The van der Waals surface area contributed by atoms with Crippen LogP contribution < -0.4 is 5.32 Å². The summed E-state index contributed by atoms with van der Waals surface area (Å²) < 4.78 is 5.36. The Kier molecular flexibility index (Phi) is 6.22. The van der Waals surface area contributed by atoms with E-state index in [9.17, 15) is 4.79 Å². The average molecular weight is 367 g/mol. The number of hydrogen-bond donors (Lipinski definition) is 1. The monoisotopic (exact) mass is 367 g/mol. The van der Waals surface area contributed by atoms with Gasteiger partial charge in [-0.1, -0.05) is 38.3 Å². The van der Waals surface area contributed by atoms with Crippen LogP contribution in [0, 0.1) is 6.92 Å². The van der Waals surface area contributed by atoms with Crippen molar-refractivity contribution in [1.82, 2.24) is 15.3 Å². The molecule has 0 atom stereocenters. The number of nitrogens with zero attached hydrogens (tertiary/aromatic N) is 2. The summed E-state index contributed by atoms with van der Waals surface area (Å²) in [6.07, 6.45) is 8.12. The smallest absolute Gasteiger partial charge is 0.251 e. The maximum atomic E-state index is 12.8. The molecule has 144 valence electrons. The Bertz CT molecular complexity index is 781. The molecular weight excluding hydrogens is 338 g/mol. The Labute approximate surface area is 161 Å². The zero-order valence-electron chi connectivity index (χ0n) is 16.5. The minimum Gasteiger partial charge on any atom is -0.382 e. The second kappa shape index (κ2) is 8.61. The van der Waals surface area contributed by atoms with Gasteiger partial charge in [0, 0.05) is 24.4 Å². The molecule has 0 spiro atoms. The summed E-state index contributed by atoms with van der Waals surface area (Å²) in [5, 5.41) is 3.22. The zero-order chi connectivity index (χ0) is 19.3. The van der Waals surface area contributed by atoms with Crippen molar-refractivity contribution >= 4 is 5.91 Å². The number of methoxy groups -OCH3 is 1. The largest absolute Gasteiger partial charge is 0.382 e. The molecule has 1 aromatic heterocycles. The molecule has 1 heterocycles. The van der Waals surface area contributed by atoms with Crippen LogP contribution in [0.4, 0.5) is 0 Å². The first kappa shape index (κ1) is 19.5. The molecule has 1 amide bonds. The van der Waals surface area contributed by atoms with E-state index in [0.29, 0.717) is 12.2 Å². The molecular formula is C22H29N3O2. The highest BCUT2D eigenvalue weighted by molar-refractivity contribution is 5.95. The van der Waals surface area contributed by atoms with Gasteiger partial charge in [0.2, 0.25) is 0 Å². The first-order valence-corrected chi connectivity index (χ1v) is 9.81. The summed E-state index contributed by atoms with van der Waals surface area (Å²) in [6, 6.07) is 7.72. The van der Waals surface area contributed by atoms with E-state index in [2.05, 4.69) is 22.2 Å². The van der Waals surface area contributed by atoms with Crippen LogP contribution in [0.3, 0.4) is 0 Å². The zero-order valence-corrected chi connectivity index (χ0v) is 16.5. The third-order valence-corrected chi connectivity index (χ3v) is 5.28. The lowest BCUT2D eigenvalue weighted by Gasteiger charge is -2.29. The van der Waals surface area contributed by atoms with Crippen molar-refractivity contribution in [3.8, 4) is 11.3 Å². The van der Waals surface area contributed by atoms with Gasteiger partial charge in [-0.15, -0.1) is 0 Å². The number of rotatable bonds is 7. The fourth-order valence-corrected chi connectivity index (χ4v) is 3.92. The molecule has 0 saturated heterocycles. The Balaban J connectivity index is 1.79. The van der Waals surface area contributed by atoms with Crippen LogP contribution in [-0.2, 0) is 11.2 Å². The number of amides is 1. The minimum absolute atomic E-state index is 0.0341. The van der Waals surface area contributed by atoms with Crippen molar-refractivity contribution < 1.29 is 9.53 Å². The number of ether oxygens (including phenoxy) is 1. The van der Waals surface area contributed by atoms with E-state index in [4.69, 9.17) is 4.74 Å². The number of aryl methyl sites for hydroxylation is 2. The number of benzene rings is 1. The van der Waals surface area contributed by atoms with Gasteiger partial charge in [-0.25, -0.2) is 9.97 Å². The van der Waals surface area contributed by atoms with E-state index in [-0.39, 0.29) is 11.4 Å². The second-order valence-electron chi connectivity index (χ2n) is 7.49. The van der Waals surface area contributed by atoms with Crippen molar-refractivity contribution in [2.24, 2.45) is 0 Å². The third-order valence-electron chi connectivity index (χ3n) is 5.28. The highest BCUT2D eigenvalue weighted by atomic mass is 16.5. The lowest BCUT2D eigenvalue weighted by atomic mass is 9.97. The molecule has 0 unspecified atom stereocenters. The third kappa shape index (κ3) is 4.53. The Morgan fingerprint density at radius 3 is 2.56 bits per heavy atom. The first-order valence-electron chi connectivity index (χ1n) is 9.81. The predicted molar refractivity (Wildman–Crippen MR) is 107 cm³/mol. The van der Waals surface area contributed by atoms with Crippen molar-refractivity contribution in [3.63, 3.8) is 0 Å². The molecule has 0 radical (unpaired) electrons. The van der Waals surface area contributed by atoms with Gasteiger partial charge in [0.25, 0.3) is 5.91 Å². The van der Waals surface area contributed by atoms with Gasteiger partial charge in [0.05, 0.1) is 17.8 Å². The van der Waals surface area contributed by atoms with Crippen molar-refractivity contribution in [2.45, 2.75) is 57.9 Å². The molecule has 0 aliphatic heterocycles. The van der Waals surface area contributed by atoms with Crippen LogP contribution >= 0.6 is 0 Å². The summed E-state index contributed by atoms with van der Waals surface area (Å²) in [7, 11) is 1.69. The van der Waals surface area contributed by atoms with E-state index in [0.717, 1.165) is 61.2 Å². The number of nitrogens with one attached hydrogen (secondary N) is 1. The molecule has 5 nitrogen and oxygen atoms in total. The number of carbonyl (C=O) groups excluding carboxylic acids is 1. The van der Waals surface area contributed by atoms with Crippen molar-refractivity contribution in [1.29, 1.82) is 0 Å². The molecule has 1 saturated carbocycles. The number of carbonyl (C=O) groups is 1. The summed E-state index contributed by atoms with van der Waals surface area (Å²) >= 11 is 0. The van der Waals surface area contributed by atoms with E-state index >= 15 is 0 Å². The Hall–Kier alpha value is -2.27. The van der Waals surface area contributed by atoms with Gasteiger partial charge in [0.15, 0.2) is 0 Å². The van der Waals surface area contributed by atoms with Gasteiger partial charge in [-0.05, 0) is 43.9 Å². The predicted octanol–water partition coefficient (Wildman–Crippen LogP) is 4.09. The van der Waals surface area contributed by atoms with Gasteiger partial charge < -0.3 is 10.1 Å². The number of aromatic nitrogens is 2. The molecule has 27 heavy (non-hydrogen) atoms. The highest BCUT2D eigenvalue weighted by Crippen LogP contribution is 2.30. The maximum Gasteiger partial charge on any atom is 0.251 e. The fourth-order valence-electron chi connectivity index (χ4n) is 3.92. The van der Waals surface area contributed by atoms with Crippen LogP contribution in [0.15, 0.2) is 30.5 Å². The molecule has 5 heteroatoms. The first-order chi connectivity index (χ1) is 13.1. The lowest BCUT2D eigenvalue weighted by molar-refractivity contribution is 0.0767. The summed E-state index contributed by atoms with van der Waals surface area (Å²) in [5.74, 6) is 0.725. The van der Waals surface area contributed by atoms with E-state index in [1.807, 2.05) is 37.4 Å². The number of hydrogen-bond acceptors (Lipinski definition) is 4. The normalized spacial score (nSPS) is 15.7. The average Bonchev–Trinajstić information content (AvgIpc) is 3.12. The lowest BCUT2D eigenvalue weighted by Crippen LogP contribution is -2.49. The molecule has 1 aromatic carbocycles. The Morgan fingerprint density at radius 2 is 1.93 bits per heavy atom. The fraction of sp³-hybridized carbons (Fsp3) is 0.500. The van der Waals surface area contributed by atoms with Gasteiger partial charge >= 0.3 is 0 Å². The van der Waals surface area contributed by atoms with Crippen molar-refractivity contribution in [3.05, 3.63) is 47.4 Å². The molecule has 1 aliphatic carbocycles. The molecule has 0 bridgehead atoms. The highest BCUT2D eigenvalue weighted by Gasteiger charge is 2.35.